The lowest BCUT2D eigenvalue weighted by atomic mass is 9.97. The third kappa shape index (κ3) is 5.88. The molecule has 0 unspecified atom stereocenters. The van der Waals surface area contributed by atoms with Crippen molar-refractivity contribution in [3.05, 3.63) is 54.1 Å². The van der Waals surface area contributed by atoms with E-state index in [9.17, 15) is 9.59 Å². The predicted molar refractivity (Wildman–Crippen MR) is 115 cm³/mol. The molecule has 1 saturated heterocycles. The fourth-order valence-corrected chi connectivity index (χ4v) is 3.42. The van der Waals surface area contributed by atoms with Gasteiger partial charge in [0.15, 0.2) is 0 Å². The molecule has 1 aliphatic heterocycles. The Kier molecular flexibility index (Phi) is 6.94. The first-order chi connectivity index (χ1) is 14.0. The first kappa shape index (κ1) is 20.5. The van der Waals surface area contributed by atoms with Crippen molar-refractivity contribution < 1.29 is 14.3 Å². The Bertz CT molecular complexity index is 847. The van der Waals surface area contributed by atoms with E-state index in [0.717, 1.165) is 24.1 Å². The first-order valence-electron chi connectivity index (χ1n) is 9.85. The SMILES string of the molecule is COc1ccccc1NC(=O)N1CCC(CNC(=O)Nc2cccc(C)c2)CC1. The Morgan fingerprint density at radius 3 is 2.55 bits per heavy atom. The molecule has 3 rings (SSSR count). The molecule has 7 heteroatoms. The molecule has 4 amide bonds. The zero-order valence-electron chi connectivity index (χ0n) is 16.9. The van der Waals surface area contributed by atoms with E-state index in [-0.39, 0.29) is 12.1 Å². The van der Waals surface area contributed by atoms with Crippen LogP contribution >= 0.6 is 0 Å². The van der Waals surface area contributed by atoms with Gasteiger partial charge in [0.2, 0.25) is 0 Å². The van der Waals surface area contributed by atoms with E-state index in [1.54, 1.807) is 12.0 Å². The lowest BCUT2D eigenvalue weighted by Gasteiger charge is -2.32. The minimum atomic E-state index is -0.202. The number of aryl methyl sites for hydroxylation is 1. The molecular formula is C22H28N4O3. The number of ether oxygens (including phenoxy) is 1. The highest BCUT2D eigenvalue weighted by Crippen LogP contribution is 2.24. The average Bonchev–Trinajstić information content (AvgIpc) is 2.73. The molecule has 0 aromatic heterocycles. The Labute approximate surface area is 171 Å². The number of rotatable bonds is 5. The molecule has 154 valence electrons. The van der Waals surface area contributed by atoms with Crippen molar-refractivity contribution in [1.29, 1.82) is 0 Å². The number of carbonyl (C=O) groups is 2. The van der Waals surface area contributed by atoms with Crippen LogP contribution in [0.1, 0.15) is 18.4 Å². The van der Waals surface area contributed by atoms with Crippen LogP contribution in [-0.2, 0) is 0 Å². The largest absolute Gasteiger partial charge is 0.495 e. The van der Waals surface area contributed by atoms with Crippen LogP contribution in [0.5, 0.6) is 5.75 Å². The van der Waals surface area contributed by atoms with Gasteiger partial charge in [-0.1, -0.05) is 24.3 Å². The lowest BCUT2D eigenvalue weighted by Crippen LogP contribution is -2.43. The molecule has 1 heterocycles. The topological polar surface area (TPSA) is 82.7 Å². The molecule has 29 heavy (non-hydrogen) atoms. The maximum atomic E-state index is 12.5. The molecule has 2 aromatic carbocycles. The van der Waals surface area contributed by atoms with Crippen LogP contribution in [0, 0.1) is 12.8 Å². The number of para-hydroxylation sites is 2. The second-order valence-electron chi connectivity index (χ2n) is 7.27. The van der Waals surface area contributed by atoms with Gasteiger partial charge in [0.25, 0.3) is 0 Å². The van der Waals surface area contributed by atoms with Crippen molar-refractivity contribution in [2.24, 2.45) is 5.92 Å². The molecule has 7 nitrogen and oxygen atoms in total. The summed E-state index contributed by atoms with van der Waals surface area (Å²) < 4.78 is 5.27. The third-order valence-corrected chi connectivity index (χ3v) is 5.08. The van der Waals surface area contributed by atoms with Crippen molar-refractivity contribution in [3.63, 3.8) is 0 Å². The number of hydrogen-bond donors (Lipinski definition) is 3. The summed E-state index contributed by atoms with van der Waals surface area (Å²) in [7, 11) is 1.58. The van der Waals surface area contributed by atoms with Gasteiger partial charge in [0, 0.05) is 25.3 Å². The number of amides is 4. The number of methoxy groups -OCH3 is 1. The molecule has 1 fully saturated rings. The number of anilines is 2. The van der Waals surface area contributed by atoms with E-state index in [4.69, 9.17) is 4.74 Å². The van der Waals surface area contributed by atoms with E-state index in [1.165, 1.54) is 0 Å². The Hall–Kier alpha value is -3.22. The Balaban J connectivity index is 1.41. The quantitative estimate of drug-likeness (QED) is 0.712. The molecule has 3 N–H and O–H groups in total. The smallest absolute Gasteiger partial charge is 0.321 e. The molecule has 0 atom stereocenters. The van der Waals surface area contributed by atoms with Crippen LogP contribution in [0.15, 0.2) is 48.5 Å². The Morgan fingerprint density at radius 2 is 1.83 bits per heavy atom. The van der Waals surface area contributed by atoms with E-state index in [0.29, 0.717) is 37.0 Å². The molecular weight excluding hydrogens is 368 g/mol. The predicted octanol–water partition coefficient (Wildman–Crippen LogP) is 4.07. The summed E-state index contributed by atoms with van der Waals surface area (Å²) in [5, 5.41) is 8.69. The molecule has 0 aliphatic carbocycles. The van der Waals surface area contributed by atoms with E-state index in [2.05, 4.69) is 16.0 Å². The van der Waals surface area contributed by atoms with Crippen LogP contribution in [0.4, 0.5) is 21.0 Å². The van der Waals surface area contributed by atoms with Crippen LogP contribution in [0.2, 0.25) is 0 Å². The number of nitrogens with zero attached hydrogens (tertiary/aromatic N) is 1. The zero-order chi connectivity index (χ0) is 20.6. The number of carbonyl (C=O) groups excluding carboxylic acids is 2. The van der Waals surface area contributed by atoms with Gasteiger partial charge in [-0.2, -0.15) is 0 Å². The second-order valence-corrected chi connectivity index (χ2v) is 7.27. The van der Waals surface area contributed by atoms with Gasteiger partial charge in [-0.3, -0.25) is 0 Å². The van der Waals surface area contributed by atoms with Crippen molar-refractivity contribution in [3.8, 4) is 5.75 Å². The van der Waals surface area contributed by atoms with Gasteiger partial charge in [-0.25, -0.2) is 9.59 Å². The van der Waals surface area contributed by atoms with Gasteiger partial charge in [0.1, 0.15) is 5.75 Å². The molecule has 1 aliphatic rings. The standard InChI is InChI=1S/C22H28N4O3/c1-16-6-5-7-18(14-16)24-21(27)23-15-17-10-12-26(13-11-17)22(28)25-19-8-3-4-9-20(19)29-2/h3-9,14,17H,10-13,15H2,1-2H3,(H,25,28)(H2,23,24,27). The minimum absolute atomic E-state index is 0.127. The summed E-state index contributed by atoms with van der Waals surface area (Å²) in [5.74, 6) is 0.994. The first-order valence-corrected chi connectivity index (χ1v) is 9.85. The van der Waals surface area contributed by atoms with Crippen LogP contribution in [-0.4, -0.2) is 43.7 Å². The lowest BCUT2D eigenvalue weighted by molar-refractivity contribution is 0.181. The summed E-state index contributed by atoms with van der Waals surface area (Å²) in [6.07, 6.45) is 1.70. The van der Waals surface area contributed by atoms with Gasteiger partial charge in [0.05, 0.1) is 12.8 Å². The van der Waals surface area contributed by atoms with Crippen molar-refractivity contribution in [1.82, 2.24) is 10.2 Å². The number of likely N-dealkylation sites (tertiary alicyclic amines) is 1. The third-order valence-electron chi connectivity index (χ3n) is 5.08. The zero-order valence-corrected chi connectivity index (χ0v) is 16.9. The van der Waals surface area contributed by atoms with E-state index < -0.39 is 0 Å². The summed E-state index contributed by atoms with van der Waals surface area (Å²) in [6.45, 7) is 3.90. The summed E-state index contributed by atoms with van der Waals surface area (Å²) in [4.78, 5) is 26.4. The van der Waals surface area contributed by atoms with Crippen LogP contribution in [0.3, 0.4) is 0 Å². The number of hydrogen-bond acceptors (Lipinski definition) is 3. The second kappa shape index (κ2) is 9.82. The minimum Gasteiger partial charge on any atom is -0.495 e. The van der Waals surface area contributed by atoms with Crippen LogP contribution in [0.25, 0.3) is 0 Å². The molecule has 0 spiro atoms. The highest BCUT2D eigenvalue weighted by atomic mass is 16.5. The fraction of sp³-hybridized carbons (Fsp3) is 0.364. The molecule has 2 aromatic rings. The van der Waals surface area contributed by atoms with Crippen molar-refractivity contribution in [2.45, 2.75) is 19.8 Å². The number of nitrogens with one attached hydrogen (secondary N) is 3. The van der Waals surface area contributed by atoms with E-state index >= 15 is 0 Å². The van der Waals surface area contributed by atoms with Crippen LogP contribution < -0.4 is 20.7 Å². The normalized spacial score (nSPS) is 14.2. The molecule has 0 saturated carbocycles. The highest BCUT2D eigenvalue weighted by molar-refractivity contribution is 5.91. The maximum absolute atomic E-state index is 12.5. The fourth-order valence-electron chi connectivity index (χ4n) is 3.42. The van der Waals surface area contributed by atoms with Crippen molar-refractivity contribution in [2.75, 3.05) is 37.4 Å². The molecule has 0 radical (unpaired) electrons. The molecule has 0 bridgehead atoms. The van der Waals surface area contributed by atoms with E-state index in [1.807, 2.05) is 55.5 Å². The summed E-state index contributed by atoms with van der Waals surface area (Å²) in [5.41, 5.74) is 2.54. The van der Waals surface area contributed by atoms with Crippen molar-refractivity contribution >= 4 is 23.4 Å². The number of piperidine rings is 1. The number of benzene rings is 2. The maximum Gasteiger partial charge on any atom is 0.321 e. The monoisotopic (exact) mass is 396 g/mol. The average molecular weight is 396 g/mol. The Morgan fingerprint density at radius 1 is 1.07 bits per heavy atom. The highest BCUT2D eigenvalue weighted by Gasteiger charge is 2.23. The number of urea groups is 2. The van der Waals surface area contributed by atoms with Gasteiger partial charge in [-0.15, -0.1) is 0 Å². The summed E-state index contributed by atoms with van der Waals surface area (Å²) >= 11 is 0. The van der Waals surface area contributed by atoms with Gasteiger partial charge < -0.3 is 25.6 Å². The van der Waals surface area contributed by atoms with Gasteiger partial charge >= 0.3 is 12.1 Å². The van der Waals surface area contributed by atoms with Gasteiger partial charge in [-0.05, 0) is 55.5 Å². The summed E-state index contributed by atoms with van der Waals surface area (Å²) in [6, 6.07) is 14.7.